The van der Waals surface area contributed by atoms with Crippen LogP contribution < -0.4 is 5.73 Å². The molecule has 6 nitrogen and oxygen atoms in total. The number of carbonyl (C=O) groups excluding carboxylic acids is 1. The summed E-state index contributed by atoms with van der Waals surface area (Å²) in [7, 11) is 0. The number of rotatable bonds is 6. The highest BCUT2D eigenvalue weighted by atomic mass is 35.5. The van der Waals surface area contributed by atoms with Crippen LogP contribution in [0.25, 0.3) is 0 Å². The van der Waals surface area contributed by atoms with E-state index in [1.807, 2.05) is 0 Å². The Morgan fingerprint density at radius 3 is 2.73 bits per heavy atom. The molecule has 26 heavy (non-hydrogen) atoms. The third kappa shape index (κ3) is 5.12. The number of piperidine rings is 2. The van der Waals surface area contributed by atoms with Crippen molar-refractivity contribution in [1.82, 2.24) is 19.8 Å². The monoisotopic (exact) mass is 405 g/mol. The number of aromatic nitrogens is 2. The largest absolute Gasteiger partial charge is 0.346 e. The van der Waals surface area contributed by atoms with Crippen LogP contribution in [-0.4, -0.2) is 57.9 Å². The molecule has 0 radical (unpaired) electrons. The Labute approximate surface area is 169 Å². The number of fused-ring (bicyclic) bond motifs is 1. The number of imidazole rings is 1. The van der Waals surface area contributed by atoms with E-state index in [1.54, 1.807) is 0 Å². The van der Waals surface area contributed by atoms with E-state index in [-0.39, 0.29) is 24.8 Å². The molecule has 8 heteroatoms. The van der Waals surface area contributed by atoms with Gasteiger partial charge in [-0.2, -0.15) is 0 Å². The molecule has 0 bridgehead atoms. The second-order valence-electron chi connectivity index (χ2n) is 7.23. The van der Waals surface area contributed by atoms with Crippen LogP contribution in [0.4, 0.5) is 0 Å². The first-order chi connectivity index (χ1) is 11.6. The Kier molecular flexibility index (Phi) is 9.38. The second-order valence-corrected chi connectivity index (χ2v) is 7.23. The standard InChI is InChI=1S/C18H31N5O.2ClH/c1-3-17-20-13(2)15(21-17)12-22-10-7-16-14(11-22)5-6-18(24)23(16)9-4-8-19;;/h14,16H,3-12,19H2,1-2H3,(H,20,21);2*1H/t14-,16+;;/m0../s1. The van der Waals surface area contributed by atoms with Gasteiger partial charge in [0, 0.05) is 50.8 Å². The lowest BCUT2D eigenvalue weighted by Crippen LogP contribution is -2.56. The predicted molar refractivity (Wildman–Crippen MR) is 109 cm³/mol. The Hall–Kier alpha value is -0.820. The highest BCUT2D eigenvalue weighted by Crippen LogP contribution is 2.32. The van der Waals surface area contributed by atoms with E-state index in [2.05, 4.69) is 28.6 Å². The van der Waals surface area contributed by atoms with Crippen molar-refractivity contribution in [2.45, 2.75) is 58.5 Å². The van der Waals surface area contributed by atoms with Crippen molar-refractivity contribution >= 4 is 30.7 Å². The van der Waals surface area contributed by atoms with Crippen molar-refractivity contribution in [3.63, 3.8) is 0 Å². The summed E-state index contributed by atoms with van der Waals surface area (Å²) in [4.78, 5) is 25.0. The molecule has 2 fully saturated rings. The SMILES string of the molecule is CCc1nc(CN2CC[C@@H]3[C@@H](CCC(=O)N3CCCN)C2)c(C)[nH]1.Cl.Cl. The number of likely N-dealkylation sites (tertiary alicyclic amines) is 2. The number of hydrogen-bond acceptors (Lipinski definition) is 4. The topological polar surface area (TPSA) is 78.2 Å². The molecule has 2 aliphatic rings. The Morgan fingerprint density at radius 2 is 2.08 bits per heavy atom. The predicted octanol–water partition coefficient (Wildman–Crippen LogP) is 2.29. The molecule has 0 aliphatic carbocycles. The van der Waals surface area contributed by atoms with Gasteiger partial charge in [-0.05, 0) is 38.6 Å². The fraction of sp³-hybridized carbons (Fsp3) is 0.778. The maximum atomic E-state index is 12.3. The van der Waals surface area contributed by atoms with E-state index < -0.39 is 0 Å². The molecule has 0 spiro atoms. The van der Waals surface area contributed by atoms with Gasteiger partial charge in [0.05, 0.1) is 5.69 Å². The van der Waals surface area contributed by atoms with Gasteiger partial charge < -0.3 is 15.6 Å². The number of H-pyrrole nitrogens is 1. The summed E-state index contributed by atoms with van der Waals surface area (Å²) in [5.41, 5.74) is 8.01. The van der Waals surface area contributed by atoms with Crippen LogP contribution in [0.5, 0.6) is 0 Å². The molecule has 1 amide bonds. The molecule has 0 unspecified atom stereocenters. The molecule has 3 rings (SSSR count). The number of nitrogens with zero attached hydrogens (tertiary/aromatic N) is 3. The molecule has 150 valence electrons. The van der Waals surface area contributed by atoms with Gasteiger partial charge in [-0.3, -0.25) is 9.69 Å². The minimum absolute atomic E-state index is 0. The van der Waals surface area contributed by atoms with Crippen LogP contribution in [0, 0.1) is 12.8 Å². The molecular weight excluding hydrogens is 373 g/mol. The summed E-state index contributed by atoms with van der Waals surface area (Å²) in [6.07, 6.45) is 4.65. The van der Waals surface area contributed by atoms with Gasteiger partial charge >= 0.3 is 0 Å². The van der Waals surface area contributed by atoms with E-state index >= 15 is 0 Å². The summed E-state index contributed by atoms with van der Waals surface area (Å²) < 4.78 is 0. The van der Waals surface area contributed by atoms with Gasteiger partial charge in [0.2, 0.25) is 5.91 Å². The lowest BCUT2D eigenvalue weighted by atomic mass is 9.83. The molecule has 2 aliphatic heterocycles. The molecule has 2 saturated heterocycles. The maximum absolute atomic E-state index is 12.3. The van der Waals surface area contributed by atoms with Gasteiger partial charge in [-0.25, -0.2) is 4.98 Å². The lowest BCUT2D eigenvalue weighted by Gasteiger charge is -2.47. The molecule has 0 saturated carbocycles. The lowest BCUT2D eigenvalue weighted by molar-refractivity contribution is -0.141. The van der Waals surface area contributed by atoms with Crippen molar-refractivity contribution < 1.29 is 4.79 Å². The first-order valence-electron chi connectivity index (χ1n) is 9.38. The molecule has 3 heterocycles. The molecule has 0 aromatic carbocycles. The number of nitrogens with one attached hydrogen (secondary N) is 1. The van der Waals surface area contributed by atoms with Crippen molar-refractivity contribution in [3.8, 4) is 0 Å². The number of halogens is 2. The Balaban J connectivity index is 0.00000169. The zero-order chi connectivity index (χ0) is 17.1. The first kappa shape index (κ1) is 23.2. The Bertz CT molecular complexity index is 580. The maximum Gasteiger partial charge on any atom is 0.222 e. The number of hydrogen-bond donors (Lipinski definition) is 2. The highest BCUT2D eigenvalue weighted by molar-refractivity contribution is 5.85. The Morgan fingerprint density at radius 1 is 1.31 bits per heavy atom. The van der Waals surface area contributed by atoms with Crippen LogP contribution in [0.15, 0.2) is 0 Å². The minimum Gasteiger partial charge on any atom is -0.346 e. The van der Waals surface area contributed by atoms with Crippen molar-refractivity contribution in [3.05, 3.63) is 17.2 Å². The summed E-state index contributed by atoms with van der Waals surface area (Å²) in [5, 5.41) is 0. The fourth-order valence-electron chi connectivity index (χ4n) is 4.22. The number of aryl methyl sites for hydroxylation is 2. The quantitative estimate of drug-likeness (QED) is 0.760. The van der Waals surface area contributed by atoms with Crippen LogP contribution in [0.2, 0.25) is 0 Å². The van der Waals surface area contributed by atoms with Gasteiger partial charge in [-0.1, -0.05) is 6.92 Å². The van der Waals surface area contributed by atoms with E-state index in [4.69, 9.17) is 10.7 Å². The fourth-order valence-corrected chi connectivity index (χ4v) is 4.22. The summed E-state index contributed by atoms with van der Waals surface area (Å²) in [6, 6.07) is 0.417. The van der Waals surface area contributed by atoms with Crippen LogP contribution in [-0.2, 0) is 17.8 Å². The molecule has 1 aromatic heterocycles. The summed E-state index contributed by atoms with van der Waals surface area (Å²) >= 11 is 0. The normalized spacial score (nSPS) is 23.2. The van der Waals surface area contributed by atoms with E-state index in [9.17, 15) is 4.79 Å². The third-order valence-electron chi connectivity index (χ3n) is 5.57. The van der Waals surface area contributed by atoms with Crippen LogP contribution >= 0.6 is 24.8 Å². The average molecular weight is 406 g/mol. The summed E-state index contributed by atoms with van der Waals surface area (Å²) in [5.74, 6) is 2.00. The molecule has 1 aromatic rings. The van der Waals surface area contributed by atoms with Gasteiger partial charge in [0.25, 0.3) is 0 Å². The number of carbonyl (C=O) groups is 1. The smallest absolute Gasteiger partial charge is 0.222 e. The van der Waals surface area contributed by atoms with Gasteiger partial charge in [0.15, 0.2) is 0 Å². The number of aromatic amines is 1. The summed E-state index contributed by atoms with van der Waals surface area (Å²) in [6.45, 7) is 8.76. The highest BCUT2D eigenvalue weighted by Gasteiger charge is 2.38. The van der Waals surface area contributed by atoms with Crippen molar-refractivity contribution in [2.75, 3.05) is 26.2 Å². The second kappa shape index (κ2) is 10.5. The number of amides is 1. The molecule has 2 atom stereocenters. The zero-order valence-corrected chi connectivity index (χ0v) is 17.5. The zero-order valence-electron chi connectivity index (χ0n) is 15.9. The van der Waals surface area contributed by atoms with Crippen molar-refractivity contribution in [1.29, 1.82) is 0 Å². The minimum atomic E-state index is 0. The van der Waals surface area contributed by atoms with E-state index in [1.165, 1.54) is 11.4 Å². The van der Waals surface area contributed by atoms with Gasteiger partial charge in [0.1, 0.15) is 5.82 Å². The van der Waals surface area contributed by atoms with Crippen LogP contribution in [0.1, 0.15) is 49.8 Å². The van der Waals surface area contributed by atoms with Crippen molar-refractivity contribution in [2.24, 2.45) is 11.7 Å². The first-order valence-corrected chi connectivity index (χ1v) is 9.38. The van der Waals surface area contributed by atoms with Crippen LogP contribution in [0.3, 0.4) is 0 Å². The third-order valence-corrected chi connectivity index (χ3v) is 5.57. The van der Waals surface area contributed by atoms with E-state index in [0.717, 1.165) is 57.7 Å². The van der Waals surface area contributed by atoms with E-state index in [0.29, 0.717) is 30.8 Å². The average Bonchev–Trinajstić information content (AvgIpc) is 2.94. The molecule has 3 N–H and O–H groups in total. The van der Waals surface area contributed by atoms with Gasteiger partial charge in [-0.15, -0.1) is 24.8 Å². The number of nitrogens with two attached hydrogens (primary N) is 1. The molecular formula is C18H33Cl2N5O.